The number of likely N-dealkylation sites (tertiary alicyclic amines) is 1. The molecule has 3 N–H and O–H groups in total. The standard InChI is InChI=1S/C11H23N3/c1-14-6-2-5-11(8-12,9-14)13-7-10-3-4-10/h10,13H,2-9,12H2,1H3. The Labute approximate surface area is 87.0 Å². The molecule has 0 radical (unpaired) electrons. The quantitative estimate of drug-likeness (QED) is 0.686. The van der Waals surface area contributed by atoms with Crippen LogP contribution in [0.2, 0.25) is 0 Å². The molecular formula is C11H23N3. The average molecular weight is 197 g/mol. The Kier molecular flexibility index (Phi) is 3.10. The van der Waals surface area contributed by atoms with Crippen molar-refractivity contribution >= 4 is 0 Å². The molecule has 1 saturated carbocycles. The lowest BCUT2D eigenvalue weighted by Gasteiger charge is -2.41. The second-order valence-corrected chi connectivity index (χ2v) is 5.15. The summed E-state index contributed by atoms with van der Waals surface area (Å²) in [6.45, 7) is 4.32. The normalized spacial score (nSPS) is 34.7. The van der Waals surface area contributed by atoms with Gasteiger partial charge < -0.3 is 16.0 Å². The molecule has 1 saturated heterocycles. The number of hydrogen-bond acceptors (Lipinski definition) is 3. The molecule has 1 aliphatic heterocycles. The van der Waals surface area contributed by atoms with Crippen molar-refractivity contribution in [3.05, 3.63) is 0 Å². The number of nitrogens with one attached hydrogen (secondary N) is 1. The van der Waals surface area contributed by atoms with Gasteiger partial charge in [-0.2, -0.15) is 0 Å². The molecule has 0 aromatic rings. The molecule has 2 aliphatic rings. The summed E-state index contributed by atoms with van der Waals surface area (Å²) in [5.41, 5.74) is 6.14. The molecule has 0 aromatic carbocycles. The van der Waals surface area contributed by atoms with Gasteiger partial charge in [-0.25, -0.2) is 0 Å². The summed E-state index contributed by atoms with van der Waals surface area (Å²) in [7, 11) is 2.20. The largest absolute Gasteiger partial charge is 0.329 e. The third kappa shape index (κ3) is 2.47. The molecule has 14 heavy (non-hydrogen) atoms. The predicted octanol–water partition coefficient (Wildman–Crippen LogP) is 0.409. The maximum Gasteiger partial charge on any atom is 0.0433 e. The Morgan fingerprint density at radius 3 is 2.86 bits per heavy atom. The van der Waals surface area contributed by atoms with Crippen LogP contribution in [0.5, 0.6) is 0 Å². The zero-order valence-corrected chi connectivity index (χ0v) is 9.26. The first-order chi connectivity index (χ1) is 6.74. The van der Waals surface area contributed by atoms with Crippen molar-refractivity contribution in [1.29, 1.82) is 0 Å². The van der Waals surface area contributed by atoms with Gasteiger partial charge in [0.15, 0.2) is 0 Å². The van der Waals surface area contributed by atoms with Crippen LogP contribution in [0.4, 0.5) is 0 Å². The smallest absolute Gasteiger partial charge is 0.0433 e. The summed E-state index contributed by atoms with van der Waals surface area (Å²) < 4.78 is 0. The van der Waals surface area contributed by atoms with Gasteiger partial charge in [0, 0.05) is 18.6 Å². The van der Waals surface area contributed by atoms with Crippen LogP contribution in [0, 0.1) is 5.92 Å². The van der Waals surface area contributed by atoms with Crippen molar-refractivity contribution in [3.63, 3.8) is 0 Å². The summed E-state index contributed by atoms with van der Waals surface area (Å²) in [5, 5.41) is 3.71. The average Bonchev–Trinajstić information content (AvgIpc) is 2.98. The molecule has 0 aromatic heterocycles. The second-order valence-electron chi connectivity index (χ2n) is 5.15. The van der Waals surface area contributed by atoms with Crippen molar-refractivity contribution in [2.24, 2.45) is 11.7 Å². The molecule has 0 bridgehead atoms. The van der Waals surface area contributed by atoms with Crippen LogP contribution < -0.4 is 11.1 Å². The second kappa shape index (κ2) is 4.17. The highest BCUT2D eigenvalue weighted by molar-refractivity contribution is 4.96. The summed E-state index contributed by atoms with van der Waals surface area (Å²) in [6, 6.07) is 0. The van der Waals surface area contributed by atoms with E-state index in [9.17, 15) is 0 Å². The van der Waals surface area contributed by atoms with Crippen LogP contribution in [0.1, 0.15) is 25.7 Å². The highest BCUT2D eigenvalue weighted by Crippen LogP contribution is 2.29. The van der Waals surface area contributed by atoms with E-state index < -0.39 is 0 Å². The first-order valence-electron chi connectivity index (χ1n) is 5.88. The van der Waals surface area contributed by atoms with Gasteiger partial charge >= 0.3 is 0 Å². The van der Waals surface area contributed by atoms with E-state index >= 15 is 0 Å². The van der Waals surface area contributed by atoms with E-state index in [-0.39, 0.29) is 5.54 Å². The lowest BCUT2D eigenvalue weighted by molar-refractivity contribution is 0.148. The highest BCUT2D eigenvalue weighted by Gasteiger charge is 2.34. The molecule has 0 amide bonds. The van der Waals surface area contributed by atoms with Crippen LogP contribution in [0.25, 0.3) is 0 Å². The molecule has 1 heterocycles. The van der Waals surface area contributed by atoms with Crippen molar-refractivity contribution < 1.29 is 0 Å². The van der Waals surface area contributed by atoms with Crippen molar-refractivity contribution in [1.82, 2.24) is 10.2 Å². The summed E-state index contributed by atoms with van der Waals surface area (Å²) >= 11 is 0. The molecule has 1 aliphatic carbocycles. The van der Waals surface area contributed by atoms with E-state index in [4.69, 9.17) is 5.73 Å². The van der Waals surface area contributed by atoms with Gasteiger partial charge in [0.05, 0.1) is 0 Å². The Morgan fingerprint density at radius 2 is 2.29 bits per heavy atom. The Morgan fingerprint density at radius 1 is 1.50 bits per heavy atom. The monoisotopic (exact) mass is 197 g/mol. The van der Waals surface area contributed by atoms with Gasteiger partial charge in [-0.15, -0.1) is 0 Å². The first kappa shape index (κ1) is 10.4. The van der Waals surface area contributed by atoms with Crippen LogP contribution in [-0.4, -0.2) is 43.7 Å². The minimum absolute atomic E-state index is 0.218. The fourth-order valence-electron chi connectivity index (χ4n) is 2.43. The molecule has 1 atom stereocenters. The van der Waals surface area contributed by atoms with Gasteiger partial charge in [-0.3, -0.25) is 0 Å². The number of likely N-dealkylation sites (N-methyl/N-ethyl adjacent to an activating group) is 1. The van der Waals surface area contributed by atoms with Crippen LogP contribution in [-0.2, 0) is 0 Å². The van der Waals surface area contributed by atoms with Crippen molar-refractivity contribution in [3.8, 4) is 0 Å². The third-order valence-corrected chi connectivity index (χ3v) is 3.62. The predicted molar refractivity (Wildman–Crippen MR) is 59.2 cm³/mol. The SMILES string of the molecule is CN1CCCC(CN)(NCC2CC2)C1. The zero-order chi connectivity index (χ0) is 10.0. The molecular weight excluding hydrogens is 174 g/mol. The molecule has 3 nitrogen and oxygen atoms in total. The van der Waals surface area contributed by atoms with E-state index in [0.29, 0.717) is 0 Å². The van der Waals surface area contributed by atoms with Crippen molar-refractivity contribution in [2.75, 3.05) is 33.2 Å². The Hall–Kier alpha value is -0.120. The topological polar surface area (TPSA) is 41.3 Å². The fourth-order valence-corrected chi connectivity index (χ4v) is 2.43. The summed E-state index contributed by atoms with van der Waals surface area (Å²) in [6.07, 6.45) is 5.37. The van der Waals surface area contributed by atoms with Crippen LogP contribution in [0.3, 0.4) is 0 Å². The molecule has 3 heteroatoms. The van der Waals surface area contributed by atoms with E-state index in [2.05, 4.69) is 17.3 Å². The van der Waals surface area contributed by atoms with Gasteiger partial charge in [0.2, 0.25) is 0 Å². The molecule has 2 rings (SSSR count). The van der Waals surface area contributed by atoms with E-state index in [1.807, 2.05) is 0 Å². The summed E-state index contributed by atoms with van der Waals surface area (Å²) in [5.74, 6) is 0.950. The number of nitrogens with two attached hydrogens (primary N) is 1. The maximum absolute atomic E-state index is 5.92. The maximum atomic E-state index is 5.92. The third-order valence-electron chi connectivity index (χ3n) is 3.62. The summed E-state index contributed by atoms with van der Waals surface area (Å²) in [4.78, 5) is 2.40. The fraction of sp³-hybridized carbons (Fsp3) is 1.00. The number of nitrogens with zero attached hydrogens (tertiary/aromatic N) is 1. The highest BCUT2D eigenvalue weighted by atomic mass is 15.2. The van der Waals surface area contributed by atoms with Gasteiger partial charge in [0.25, 0.3) is 0 Å². The Bertz CT molecular complexity index is 191. The van der Waals surface area contributed by atoms with Gasteiger partial charge in [-0.1, -0.05) is 0 Å². The van der Waals surface area contributed by atoms with E-state index in [1.165, 1.54) is 38.8 Å². The van der Waals surface area contributed by atoms with Crippen LogP contribution in [0.15, 0.2) is 0 Å². The zero-order valence-electron chi connectivity index (χ0n) is 9.26. The minimum Gasteiger partial charge on any atom is -0.329 e. The number of rotatable bonds is 4. The Balaban J connectivity index is 1.85. The molecule has 2 fully saturated rings. The van der Waals surface area contributed by atoms with Gasteiger partial charge in [-0.05, 0) is 51.7 Å². The number of hydrogen-bond donors (Lipinski definition) is 2. The minimum atomic E-state index is 0.218. The lowest BCUT2D eigenvalue weighted by Crippen LogP contribution is -2.60. The van der Waals surface area contributed by atoms with Gasteiger partial charge in [0.1, 0.15) is 0 Å². The van der Waals surface area contributed by atoms with Crippen LogP contribution >= 0.6 is 0 Å². The number of piperidine rings is 1. The van der Waals surface area contributed by atoms with E-state index in [1.54, 1.807) is 0 Å². The first-order valence-corrected chi connectivity index (χ1v) is 5.88. The molecule has 0 spiro atoms. The molecule has 82 valence electrons. The van der Waals surface area contributed by atoms with E-state index in [0.717, 1.165) is 19.0 Å². The lowest BCUT2D eigenvalue weighted by atomic mass is 9.89. The molecule has 1 unspecified atom stereocenters. The van der Waals surface area contributed by atoms with Crippen molar-refractivity contribution in [2.45, 2.75) is 31.2 Å².